The van der Waals surface area contributed by atoms with Crippen molar-refractivity contribution in [3.63, 3.8) is 0 Å². The van der Waals surface area contributed by atoms with Crippen LogP contribution in [0, 0.1) is 0 Å². The second kappa shape index (κ2) is 9.39. The lowest BCUT2D eigenvalue weighted by atomic mass is 10.0. The number of esters is 1. The Kier molecular flexibility index (Phi) is 6.95. The number of nitrogens with one attached hydrogen (secondary N) is 1. The van der Waals surface area contributed by atoms with Gasteiger partial charge in [0.25, 0.3) is 0 Å². The van der Waals surface area contributed by atoms with Gasteiger partial charge in [-0.25, -0.2) is 4.79 Å². The standard InChI is InChI=1S/C18H21N3O6/c1-6-12(21-26-5)11-8-7-9-13(16(11)17(22)25-4)27-18-19-14(23-2)10-15(20-18)24-3/h6-10,21H,1-5H3. The van der Waals surface area contributed by atoms with Crippen LogP contribution in [0.3, 0.4) is 0 Å². The molecule has 0 amide bonds. The van der Waals surface area contributed by atoms with Gasteiger partial charge < -0.3 is 18.9 Å². The van der Waals surface area contributed by atoms with Crippen molar-refractivity contribution in [3.8, 4) is 23.5 Å². The Labute approximate surface area is 156 Å². The van der Waals surface area contributed by atoms with Gasteiger partial charge in [0.15, 0.2) is 0 Å². The van der Waals surface area contributed by atoms with Gasteiger partial charge in [-0.2, -0.15) is 9.97 Å². The first kappa shape index (κ1) is 20.0. The molecule has 0 aliphatic heterocycles. The van der Waals surface area contributed by atoms with E-state index in [1.54, 1.807) is 31.2 Å². The van der Waals surface area contributed by atoms with Gasteiger partial charge in [-0.1, -0.05) is 18.2 Å². The molecule has 1 N–H and O–H groups in total. The summed E-state index contributed by atoms with van der Waals surface area (Å²) in [6.07, 6.45) is 1.75. The molecular formula is C18H21N3O6. The van der Waals surface area contributed by atoms with E-state index in [9.17, 15) is 4.79 Å². The third-order valence-corrected chi connectivity index (χ3v) is 3.48. The van der Waals surface area contributed by atoms with Crippen LogP contribution in [0.15, 0.2) is 30.3 Å². The zero-order valence-electron chi connectivity index (χ0n) is 15.7. The summed E-state index contributed by atoms with van der Waals surface area (Å²) in [6.45, 7) is 1.80. The SMILES string of the molecule is CC=C(NOC)c1cccc(Oc2nc(OC)cc(OC)n2)c1C(=O)OC. The van der Waals surface area contributed by atoms with E-state index in [1.807, 2.05) is 0 Å². The number of carbonyl (C=O) groups excluding carboxylic acids is 1. The van der Waals surface area contributed by atoms with Gasteiger partial charge in [0.05, 0.1) is 40.2 Å². The average Bonchev–Trinajstić information content (AvgIpc) is 2.70. The average molecular weight is 375 g/mol. The highest BCUT2D eigenvalue weighted by Gasteiger charge is 2.22. The number of methoxy groups -OCH3 is 3. The quantitative estimate of drug-likeness (QED) is 0.551. The molecule has 0 saturated heterocycles. The van der Waals surface area contributed by atoms with E-state index in [1.165, 1.54) is 34.5 Å². The first-order valence-electron chi connectivity index (χ1n) is 7.89. The van der Waals surface area contributed by atoms with E-state index in [-0.39, 0.29) is 29.1 Å². The van der Waals surface area contributed by atoms with Gasteiger partial charge in [-0.3, -0.25) is 10.3 Å². The molecule has 1 aromatic heterocycles. The summed E-state index contributed by atoms with van der Waals surface area (Å²) in [5, 5.41) is 0. The number of rotatable bonds is 8. The summed E-state index contributed by atoms with van der Waals surface area (Å²) < 4.78 is 20.9. The first-order chi connectivity index (χ1) is 13.1. The highest BCUT2D eigenvalue weighted by molar-refractivity contribution is 5.98. The van der Waals surface area contributed by atoms with Crippen molar-refractivity contribution >= 4 is 11.7 Å². The number of ether oxygens (including phenoxy) is 4. The van der Waals surface area contributed by atoms with Crippen LogP contribution in [0.25, 0.3) is 5.70 Å². The summed E-state index contributed by atoms with van der Waals surface area (Å²) in [5.41, 5.74) is 3.99. The van der Waals surface area contributed by atoms with Gasteiger partial charge in [-0.15, -0.1) is 0 Å². The third-order valence-electron chi connectivity index (χ3n) is 3.48. The molecule has 1 heterocycles. The minimum Gasteiger partial charge on any atom is -0.481 e. The molecule has 27 heavy (non-hydrogen) atoms. The number of nitrogens with zero attached hydrogens (tertiary/aromatic N) is 2. The van der Waals surface area contributed by atoms with Gasteiger partial charge in [0, 0.05) is 5.56 Å². The molecule has 9 heteroatoms. The van der Waals surface area contributed by atoms with Gasteiger partial charge in [-0.05, 0) is 13.0 Å². The largest absolute Gasteiger partial charge is 0.481 e. The van der Waals surface area contributed by atoms with Crippen LogP contribution in [0.5, 0.6) is 23.5 Å². The number of hydrogen-bond donors (Lipinski definition) is 1. The third kappa shape index (κ3) is 4.64. The molecule has 2 aromatic rings. The lowest BCUT2D eigenvalue weighted by Crippen LogP contribution is -2.15. The molecule has 0 saturated carbocycles. The van der Waals surface area contributed by atoms with Crippen molar-refractivity contribution in [3.05, 3.63) is 41.5 Å². The van der Waals surface area contributed by atoms with E-state index in [0.717, 1.165) is 0 Å². The first-order valence-corrected chi connectivity index (χ1v) is 7.89. The molecule has 1 aromatic carbocycles. The Morgan fingerprint density at radius 1 is 1.07 bits per heavy atom. The number of hydroxylamine groups is 1. The second-order valence-electron chi connectivity index (χ2n) is 5.02. The zero-order chi connectivity index (χ0) is 19.8. The monoisotopic (exact) mass is 375 g/mol. The van der Waals surface area contributed by atoms with Crippen molar-refractivity contribution in [2.45, 2.75) is 6.92 Å². The van der Waals surface area contributed by atoms with Gasteiger partial charge in [0.2, 0.25) is 11.8 Å². The minimum atomic E-state index is -0.590. The molecule has 0 spiro atoms. The highest BCUT2D eigenvalue weighted by Crippen LogP contribution is 2.31. The van der Waals surface area contributed by atoms with Crippen LogP contribution >= 0.6 is 0 Å². The van der Waals surface area contributed by atoms with Gasteiger partial charge in [0.1, 0.15) is 11.3 Å². The molecule has 144 valence electrons. The normalized spacial score (nSPS) is 10.9. The lowest BCUT2D eigenvalue weighted by Gasteiger charge is -2.16. The molecule has 0 bridgehead atoms. The Bertz CT molecular complexity index is 816. The van der Waals surface area contributed by atoms with E-state index in [2.05, 4.69) is 15.4 Å². The topological polar surface area (TPSA) is 101 Å². The molecule has 0 aliphatic rings. The summed E-state index contributed by atoms with van der Waals surface area (Å²) in [7, 11) is 5.67. The van der Waals surface area contributed by atoms with Crippen LogP contribution in [0.1, 0.15) is 22.8 Å². The molecule has 0 atom stereocenters. The maximum Gasteiger partial charge on any atom is 0.342 e. The number of allylic oxidation sites excluding steroid dienone is 1. The summed E-state index contributed by atoms with van der Waals surface area (Å²) in [4.78, 5) is 25.6. The molecule has 0 unspecified atom stereocenters. The smallest absolute Gasteiger partial charge is 0.342 e. The second-order valence-corrected chi connectivity index (χ2v) is 5.02. The number of hydrogen-bond acceptors (Lipinski definition) is 9. The van der Waals surface area contributed by atoms with E-state index in [0.29, 0.717) is 11.3 Å². The Hall–Kier alpha value is -3.33. The van der Waals surface area contributed by atoms with Crippen molar-refractivity contribution in [2.75, 3.05) is 28.4 Å². The fraction of sp³-hybridized carbons (Fsp3) is 0.278. The molecule has 0 aliphatic carbocycles. The van der Waals surface area contributed by atoms with Crippen LogP contribution in [0.2, 0.25) is 0 Å². The fourth-order valence-corrected chi connectivity index (χ4v) is 2.27. The van der Waals surface area contributed by atoms with E-state index in [4.69, 9.17) is 23.8 Å². The maximum absolute atomic E-state index is 12.4. The van der Waals surface area contributed by atoms with Crippen LogP contribution < -0.4 is 19.7 Å². The van der Waals surface area contributed by atoms with E-state index < -0.39 is 5.97 Å². The van der Waals surface area contributed by atoms with Crippen molar-refractivity contribution in [1.29, 1.82) is 0 Å². The fourth-order valence-electron chi connectivity index (χ4n) is 2.27. The van der Waals surface area contributed by atoms with Crippen molar-refractivity contribution in [2.24, 2.45) is 0 Å². The molecule has 0 radical (unpaired) electrons. The Morgan fingerprint density at radius 2 is 1.74 bits per heavy atom. The Balaban J connectivity index is 2.55. The highest BCUT2D eigenvalue weighted by atomic mass is 16.6. The minimum absolute atomic E-state index is 0.0461. The van der Waals surface area contributed by atoms with Gasteiger partial charge >= 0.3 is 12.0 Å². The number of aromatic nitrogens is 2. The molecule has 2 rings (SSSR count). The van der Waals surface area contributed by atoms with Crippen LogP contribution in [-0.4, -0.2) is 44.4 Å². The summed E-state index contributed by atoms with van der Waals surface area (Å²) in [5.74, 6) is 0.116. The Morgan fingerprint density at radius 3 is 2.26 bits per heavy atom. The maximum atomic E-state index is 12.4. The van der Waals surface area contributed by atoms with E-state index >= 15 is 0 Å². The summed E-state index contributed by atoms with van der Waals surface area (Å²) >= 11 is 0. The predicted octanol–water partition coefficient (Wildman–Crippen LogP) is 2.58. The molecule has 0 fully saturated rings. The zero-order valence-corrected chi connectivity index (χ0v) is 15.7. The predicted molar refractivity (Wildman–Crippen MR) is 96.8 cm³/mol. The van der Waals surface area contributed by atoms with Crippen molar-refractivity contribution < 1.29 is 28.6 Å². The summed E-state index contributed by atoms with van der Waals surface area (Å²) in [6, 6.07) is 6.51. The van der Waals surface area contributed by atoms with Crippen molar-refractivity contribution in [1.82, 2.24) is 15.4 Å². The van der Waals surface area contributed by atoms with Crippen LogP contribution in [-0.2, 0) is 9.57 Å². The number of carbonyl (C=O) groups is 1. The number of benzene rings is 1. The molecule has 9 nitrogen and oxygen atoms in total. The lowest BCUT2D eigenvalue weighted by molar-refractivity contribution is 0.0597. The molecular weight excluding hydrogens is 354 g/mol. The van der Waals surface area contributed by atoms with Crippen LogP contribution in [0.4, 0.5) is 0 Å².